The minimum Gasteiger partial charge on any atom is -0.508 e. The molecule has 0 aliphatic carbocycles. The molecule has 43 heavy (non-hydrogen) atoms. The molecule has 15 nitrogen and oxygen atoms in total. The molecule has 2 unspecified atom stereocenters. The van der Waals surface area contributed by atoms with E-state index in [9.17, 15) is 43.8 Å². The molecule has 0 heterocycles. The second kappa shape index (κ2) is 17.4. The Morgan fingerprint density at radius 2 is 1.49 bits per heavy atom. The number of carbonyl (C=O) groups excluding carboxylic acids is 6. The number of phenols is 1. The van der Waals surface area contributed by atoms with Gasteiger partial charge in [0.1, 0.15) is 36.1 Å². The van der Waals surface area contributed by atoms with E-state index < -0.39 is 84.0 Å². The van der Waals surface area contributed by atoms with Gasteiger partial charge in [-0.25, -0.2) is 0 Å². The number of rotatable bonds is 17. The summed E-state index contributed by atoms with van der Waals surface area (Å²) in [7, 11) is 0. The first-order chi connectivity index (χ1) is 20.1. The fourth-order valence-electron chi connectivity index (χ4n) is 3.85. The average molecular weight is 608 g/mol. The summed E-state index contributed by atoms with van der Waals surface area (Å²) < 4.78 is 4.79. The lowest BCUT2D eigenvalue weighted by molar-refractivity contribution is -0.151. The van der Waals surface area contributed by atoms with E-state index in [0.717, 1.165) is 0 Å². The van der Waals surface area contributed by atoms with Crippen LogP contribution in [0.2, 0.25) is 0 Å². The summed E-state index contributed by atoms with van der Waals surface area (Å²) in [6.45, 7) is 7.43. The van der Waals surface area contributed by atoms with Crippen LogP contribution in [0.1, 0.15) is 46.6 Å². The molecule has 0 saturated heterocycles. The van der Waals surface area contributed by atoms with Crippen LogP contribution in [0, 0.1) is 11.8 Å². The van der Waals surface area contributed by atoms with Crippen molar-refractivity contribution in [3.63, 3.8) is 0 Å². The molecule has 0 radical (unpaired) electrons. The largest absolute Gasteiger partial charge is 0.508 e. The van der Waals surface area contributed by atoms with Gasteiger partial charge in [-0.05, 0) is 44.4 Å². The molecule has 0 aliphatic heterocycles. The number of benzene rings is 1. The van der Waals surface area contributed by atoms with E-state index in [-0.39, 0.29) is 25.1 Å². The predicted molar refractivity (Wildman–Crippen MR) is 152 cm³/mol. The van der Waals surface area contributed by atoms with Gasteiger partial charge in [0, 0.05) is 6.42 Å². The lowest BCUT2D eigenvalue weighted by Gasteiger charge is -2.28. The van der Waals surface area contributed by atoms with E-state index in [0.29, 0.717) is 5.56 Å². The normalized spacial score (nSPS) is 15.0. The molecular weight excluding hydrogens is 566 g/mol. The van der Waals surface area contributed by atoms with Gasteiger partial charge in [-0.15, -0.1) is 0 Å². The second-order valence-electron chi connectivity index (χ2n) is 10.3. The maximum Gasteiger partial charge on any atom is 0.318 e. The van der Waals surface area contributed by atoms with E-state index in [2.05, 4.69) is 21.3 Å². The maximum absolute atomic E-state index is 13.3. The number of nitrogens with two attached hydrogens (primary N) is 1. The Kier molecular flexibility index (Phi) is 14.8. The Labute approximate surface area is 249 Å². The number of hydrogen-bond acceptors (Lipinski definition) is 10. The van der Waals surface area contributed by atoms with Crippen LogP contribution in [-0.4, -0.2) is 88.9 Å². The Morgan fingerprint density at radius 1 is 0.884 bits per heavy atom. The SMILES string of the molecule is CCOC(=O)C(C=O)C(CC(=O)O)NC(=O)[C@H](C)NC(=O)[C@@H](NC(=O)[C@H](Cc1ccc(O)cc1)NC(=O)[C@H](C)N)C(C)C. The van der Waals surface area contributed by atoms with Crippen molar-refractivity contribution in [1.82, 2.24) is 21.3 Å². The van der Waals surface area contributed by atoms with E-state index in [1.54, 1.807) is 26.0 Å². The number of aliphatic carboxylic acids is 1. The zero-order valence-corrected chi connectivity index (χ0v) is 24.8. The van der Waals surface area contributed by atoms with Gasteiger partial charge in [0.05, 0.1) is 25.1 Å². The molecule has 0 fully saturated rings. The van der Waals surface area contributed by atoms with Crippen LogP contribution < -0.4 is 27.0 Å². The zero-order chi connectivity index (χ0) is 32.9. The number of esters is 1. The lowest BCUT2D eigenvalue weighted by atomic mass is 9.97. The number of aromatic hydroxyl groups is 1. The quantitative estimate of drug-likeness (QED) is 0.0626. The third-order valence-electron chi connectivity index (χ3n) is 6.28. The van der Waals surface area contributed by atoms with Crippen LogP contribution in [0.25, 0.3) is 0 Å². The second-order valence-corrected chi connectivity index (χ2v) is 10.3. The Morgan fingerprint density at radius 3 is 1.98 bits per heavy atom. The van der Waals surface area contributed by atoms with Crippen molar-refractivity contribution >= 4 is 41.9 Å². The standard InChI is InChI=1S/C28H41N5O10/c1-6-43-28(42)19(13-34)20(12-22(36)37)31-25(39)16(5)30-27(41)23(14(2)3)33-26(40)21(32-24(38)15(4)29)11-17-7-9-18(35)10-8-17/h7-10,13-16,19-21,23,35H,6,11-12,29H2,1-5H3,(H,30,41)(H,31,39)(H,32,38)(H,33,40)(H,36,37)/t15-,16-,19?,20?,21-,23-/m0/s1. The van der Waals surface area contributed by atoms with Crippen LogP contribution in [0.3, 0.4) is 0 Å². The van der Waals surface area contributed by atoms with E-state index >= 15 is 0 Å². The summed E-state index contributed by atoms with van der Waals surface area (Å²) in [4.78, 5) is 86.6. The molecule has 15 heteroatoms. The smallest absolute Gasteiger partial charge is 0.318 e. The molecule has 0 aliphatic rings. The average Bonchev–Trinajstić information content (AvgIpc) is 2.91. The maximum atomic E-state index is 13.3. The molecule has 4 amide bonds. The van der Waals surface area contributed by atoms with Crippen molar-refractivity contribution in [3.8, 4) is 5.75 Å². The third-order valence-corrected chi connectivity index (χ3v) is 6.28. The molecule has 0 spiro atoms. The van der Waals surface area contributed by atoms with Crippen LogP contribution in [-0.2, 0) is 44.7 Å². The van der Waals surface area contributed by atoms with Crippen molar-refractivity contribution in [2.24, 2.45) is 17.6 Å². The summed E-state index contributed by atoms with van der Waals surface area (Å²) in [5, 5.41) is 28.6. The molecule has 0 saturated carbocycles. The zero-order valence-electron chi connectivity index (χ0n) is 24.8. The van der Waals surface area contributed by atoms with Crippen LogP contribution >= 0.6 is 0 Å². The summed E-state index contributed by atoms with van der Waals surface area (Å²) in [6, 6.07) is 0.0000528. The van der Waals surface area contributed by atoms with Crippen LogP contribution in [0.5, 0.6) is 5.75 Å². The van der Waals surface area contributed by atoms with Crippen molar-refractivity contribution in [1.29, 1.82) is 0 Å². The van der Waals surface area contributed by atoms with Crippen molar-refractivity contribution in [3.05, 3.63) is 29.8 Å². The topological polar surface area (TPSA) is 243 Å². The van der Waals surface area contributed by atoms with Crippen molar-refractivity contribution in [2.45, 2.75) is 77.7 Å². The monoisotopic (exact) mass is 607 g/mol. The Hall–Kier alpha value is -4.53. The van der Waals surface area contributed by atoms with Crippen molar-refractivity contribution in [2.75, 3.05) is 6.61 Å². The molecule has 1 aromatic rings. The van der Waals surface area contributed by atoms with Gasteiger partial charge >= 0.3 is 11.9 Å². The number of carboxylic acid groups (broad SMARTS) is 1. The number of amides is 4. The highest BCUT2D eigenvalue weighted by Crippen LogP contribution is 2.13. The van der Waals surface area contributed by atoms with E-state index in [1.165, 1.54) is 32.9 Å². The summed E-state index contributed by atoms with van der Waals surface area (Å²) in [6.07, 6.45) is -0.577. The molecule has 8 N–H and O–H groups in total. The molecule has 0 bridgehead atoms. The van der Waals surface area contributed by atoms with Gasteiger partial charge in [0.25, 0.3) is 0 Å². The van der Waals surface area contributed by atoms with Gasteiger partial charge in [0.15, 0.2) is 0 Å². The number of carboxylic acids is 1. The summed E-state index contributed by atoms with van der Waals surface area (Å²) in [5.74, 6) is -7.45. The minimum absolute atomic E-state index is 0.0101. The fraction of sp³-hybridized carbons (Fsp3) is 0.536. The molecule has 0 aromatic heterocycles. The van der Waals surface area contributed by atoms with Gasteiger partial charge in [-0.3, -0.25) is 28.8 Å². The minimum atomic E-state index is -1.59. The molecule has 6 atom stereocenters. The van der Waals surface area contributed by atoms with Crippen molar-refractivity contribution < 1.29 is 48.5 Å². The number of phenolic OH excluding ortho intramolecular Hbond substituents is 1. The molecule has 1 aromatic carbocycles. The predicted octanol–water partition coefficient (Wildman–Crippen LogP) is -1.25. The first-order valence-corrected chi connectivity index (χ1v) is 13.7. The number of carbonyl (C=O) groups is 7. The highest BCUT2D eigenvalue weighted by molar-refractivity contribution is 5.95. The van der Waals surface area contributed by atoms with Gasteiger partial charge in [-0.1, -0.05) is 26.0 Å². The van der Waals surface area contributed by atoms with E-state index in [1.807, 2.05) is 0 Å². The first-order valence-electron chi connectivity index (χ1n) is 13.7. The number of hydrogen-bond donors (Lipinski definition) is 7. The highest BCUT2D eigenvalue weighted by Gasteiger charge is 2.35. The third kappa shape index (κ3) is 12.1. The number of nitrogens with one attached hydrogen (secondary N) is 4. The number of ether oxygens (including phenoxy) is 1. The summed E-state index contributed by atoms with van der Waals surface area (Å²) >= 11 is 0. The summed E-state index contributed by atoms with van der Waals surface area (Å²) in [5.41, 5.74) is 6.25. The molecule has 238 valence electrons. The van der Waals surface area contributed by atoms with Gasteiger partial charge in [0.2, 0.25) is 23.6 Å². The Bertz CT molecular complexity index is 1160. The Balaban J connectivity index is 3.06. The van der Waals surface area contributed by atoms with Crippen LogP contribution in [0.4, 0.5) is 0 Å². The van der Waals surface area contributed by atoms with Gasteiger partial charge in [-0.2, -0.15) is 0 Å². The molecular formula is C28H41N5O10. The van der Waals surface area contributed by atoms with E-state index in [4.69, 9.17) is 10.5 Å². The van der Waals surface area contributed by atoms with Crippen LogP contribution in [0.15, 0.2) is 24.3 Å². The molecule has 1 rings (SSSR count). The van der Waals surface area contributed by atoms with Gasteiger partial charge < -0.3 is 46.7 Å². The lowest BCUT2D eigenvalue weighted by Crippen LogP contribution is -2.59. The number of aldehydes is 1. The highest BCUT2D eigenvalue weighted by atomic mass is 16.5. The fourth-order valence-corrected chi connectivity index (χ4v) is 3.85. The first kappa shape index (κ1) is 36.5.